The number of rotatable bonds is 4. The molecule has 1 fully saturated rings. The van der Waals surface area contributed by atoms with Crippen molar-refractivity contribution in [1.29, 1.82) is 0 Å². The maximum absolute atomic E-state index is 12.9. The largest absolute Gasteiger partial charge is 0.423 e. The highest BCUT2D eigenvalue weighted by Gasteiger charge is 2.48. The van der Waals surface area contributed by atoms with E-state index in [0.29, 0.717) is 18.7 Å². The van der Waals surface area contributed by atoms with Crippen LogP contribution in [0.5, 0.6) is 0 Å². The first kappa shape index (κ1) is 17.5. The predicted molar refractivity (Wildman–Crippen MR) is 103 cm³/mol. The summed E-state index contributed by atoms with van der Waals surface area (Å²) in [7, 11) is 0. The Morgan fingerprint density at radius 3 is 2.15 bits per heavy atom. The number of hydrogen-bond donors (Lipinski definition) is 1. The van der Waals surface area contributed by atoms with Crippen molar-refractivity contribution < 1.29 is 14.3 Å². The smallest absolute Gasteiger partial charge is 0.340 e. The van der Waals surface area contributed by atoms with Crippen LogP contribution in [-0.4, -0.2) is 19.1 Å². The van der Waals surface area contributed by atoms with E-state index in [1.54, 1.807) is 12.1 Å². The maximum Gasteiger partial charge on any atom is 0.340 e. The van der Waals surface area contributed by atoms with Crippen molar-refractivity contribution in [2.24, 2.45) is 0 Å². The number of nitrogens with one attached hydrogen (secondary N) is 1. The molecule has 0 aromatic heterocycles. The molecule has 0 radical (unpaired) electrons. The molecule has 0 amide bonds. The molecule has 4 heteroatoms. The van der Waals surface area contributed by atoms with Crippen molar-refractivity contribution in [3.63, 3.8) is 0 Å². The summed E-state index contributed by atoms with van der Waals surface area (Å²) in [6, 6.07) is 28.3. The summed E-state index contributed by atoms with van der Waals surface area (Å²) in [5.41, 5.74) is 2.30. The lowest BCUT2D eigenvalue weighted by Gasteiger charge is -2.43. The Kier molecular flexibility index (Phi) is 5.01. The third-order valence-electron chi connectivity index (χ3n) is 4.71. The zero-order chi connectivity index (χ0) is 18.5. The van der Waals surface area contributed by atoms with Crippen LogP contribution in [0.3, 0.4) is 0 Å². The number of esters is 1. The van der Waals surface area contributed by atoms with E-state index in [0.717, 1.165) is 11.1 Å². The normalized spacial score (nSPS) is 22.1. The van der Waals surface area contributed by atoms with E-state index in [9.17, 15) is 4.79 Å². The standard InChI is InChI=1S/C23H21NO3/c25-22(19-12-6-2-7-13-19)27-23(20-14-8-3-9-15-20)21(24-16-17-26-23)18-10-4-1-5-11-18/h1-15,21,24H,16-17H2/t21-,23+/m0/s1. The molecule has 0 spiro atoms. The van der Waals surface area contributed by atoms with E-state index in [4.69, 9.17) is 9.47 Å². The molecule has 1 aliphatic rings. The van der Waals surface area contributed by atoms with Gasteiger partial charge in [0, 0.05) is 12.1 Å². The molecule has 27 heavy (non-hydrogen) atoms. The van der Waals surface area contributed by atoms with Crippen molar-refractivity contribution in [2.75, 3.05) is 13.2 Å². The van der Waals surface area contributed by atoms with Crippen LogP contribution in [-0.2, 0) is 15.3 Å². The zero-order valence-corrected chi connectivity index (χ0v) is 14.9. The lowest BCUT2D eigenvalue weighted by atomic mass is 9.90. The van der Waals surface area contributed by atoms with Gasteiger partial charge >= 0.3 is 5.97 Å². The first-order valence-electron chi connectivity index (χ1n) is 9.06. The van der Waals surface area contributed by atoms with Gasteiger partial charge in [-0.15, -0.1) is 0 Å². The van der Waals surface area contributed by atoms with Crippen LogP contribution < -0.4 is 5.32 Å². The molecular weight excluding hydrogens is 338 g/mol. The number of carbonyl (C=O) groups excluding carboxylic acids is 1. The lowest BCUT2D eigenvalue weighted by Crippen LogP contribution is -2.52. The van der Waals surface area contributed by atoms with Crippen molar-refractivity contribution >= 4 is 5.97 Å². The molecule has 1 aliphatic heterocycles. The zero-order valence-electron chi connectivity index (χ0n) is 14.9. The van der Waals surface area contributed by atoms with Gasteiger partial charge in [-0.2, -0.15) is 0 Å². The summed E-state index contributed by atoms with van der Waals surface area (Å²) in [5, 5.41) is 3.48. The molecule has 136 valence electrons. The lowest BCUT2D eigenvalue weighted by molar-refractivity contribution is -0.249. The fourth-order valence-electron chi connectivity index (χ4n) is 3.45. The topological polar surface area (TPSA) is 47.6 Å². The highest BCUT2D eigenvalue weighted by molar-refractivity contribution is 5.89. The van der Waals surface area contributed by atoms with Crippen LogP contribution in [0.25, 0.3) is 0 Å². The van der Waals surface area contributed by atoms with Crippen LogP contribution in [0.2, 0.25) is 0 Å². The van der Waals surface area contributed by atoms with Gasteiger partial charge < -0.3 is 14.8 Å². The minimum absolute atomic E-state index is 0.317. The van der Waals surface area contributed by atoms with Gasteiger partial charge in [-0.05, 0) is 17.7 Å². The summed E-state index contributed by atoms with van der Waals surface area (Å²) >= 11 is 0. The Morgan fingerprint density at radius 1 is 0.889 bits per heavy atom. The molecule has 0 unspecified atom stereocenters. The molecule has 0 bridgehead atoms. The molecule has 4 rings (SSSR count). The van der Waals surface area contributed by atoms with Gasteiger partial charge in [-0.3, -0.25) is 0 Å². The molecule has 0 aliphatic carbocycles. The van der Waals surface area contributed by atoms with Crippen molar-refractivity contribution in [3.8, 4) is 0 Å². The van der Waals surface area contributed by atoms with Crippen LogP contribution in [0.1, 0.15) is 27.5 Å². The van der Waals surface area contributed by atoms with Crippen molar-refractivity contribution in [2.45, 2.75) is 11.8 Å². The van der Waals surface area contributed by atoms with Gasteiger partial charge in [-0.25, -0.2) is 4.79 Å². The van der Waals surface area contributed by atoms with Crippen molar-refractivity contribution in [3.05, 3.63) is 108 Å². The molecule has 0 saturated carbocycles. The predicted octanol–water partition coefficient (Wildman–Crippen LogP) is 4.06. The van der Waals surface area contributed by atoms with E-state index >= 15 is 0 Å². The number of carbonyl (C=O) groups is 1. The summed E-state index contributed by atoms with van der Waals surface area (Å²) < 4.78 is 12.3. The number of ether oxygens (including phenoxy) is 2. The monoisotopic (exact) mass is 359 g/mol. The quantitative estimate of drug-likeness (QED) is 0.714. The van der Waals surface area contributed by atoms with Gasteiger partial charge in [0.25, 0.3) is 5.79 Å². The number of hydrogen-bond acceptors (Lipinski definition) is 4. The summed E-state index contributed by atoms with van der Waals surface area (Å²) in [4.78, 5) is 12.9. The van der Waals surface area contributed by atoms with E-state index < -0.39 is 11.8 Å². The fraction of sp³-hybridized carbons (Fsp3) is 0.174. The second-order valence-electron chi connectivity index (χ2n) is 6.44. The SMILES string of the molecule is O=C(O[C@@]1(c2ccccc2)OCCN[C@H]1c1ccccc1)c1ccccc1. The van der Waals surface area contributed by atoms with Gasteiger partial charge in [0.05, 0.1) is 12.2 Å². The molecule has 3 aromatic carbocycles. The third-order valence-corrected chi connectivity index (χ3v) is 4.71. The van der Waals surface area contributed by atoms with Crippen LogP contribution in [0.15, 0.2) is 91.0 Å². The molecule has 1 saturated heterocycles. The minimum Gasteiger partial charge on any atom is -0.423 e. The van der Waals surface area contributed by atoms with Gasteiger partial charge in [0.1, 0.15) is 6.04 Å². The van der Waals surface area contributed by atoms with E-state index in [-0.39, 0.29) is 6.04 Å². The second kappa shape index (κ2) is 7.74. The molecular formula is C23H21NO3. The molecule has 3 aromatic rings. The Bertz CT molecular complexity index is 883. The Morgan fingerprint density at radius 2 is 1.48 bits per heavy atom. The van der Waals surface area contributed by atoms with Gasteiger partial charge in [0.2, 0.25) is 0 Å². The highest BCUT2D eigenvalue weighted by atomic mass is 16.7. The first-order valence-corrected chi connectivity index (χ1v) is 9.06. The van der Waals surface area contributed by atoms with Gasteiger partial charge in [0.15, 0.2) is 0 Å². The highest BCUT2D eigenvalue weighted by Crippen LogP contribution is 2.42. The maximum atomic E-state index is 12.9. The molecule has 1 N–H and O–H groups in total. The number of morpholine rings is 1. The Labute approximate surface area is 158 Å². The van der Waals surface area contributed by atoms with E-state index in [2.05, 4.69) is 5.32 Å². The summed E-state index contributed by atoms with van der Waals surface area (Å²) in [6.45, 7) is 1.12. The fourth-order valence-corrected chi connectivity index (χ4v) is 3.45. The van der Waals surface area contributed by atoms with E-state index in [1.807, 2.05) is 78.9 Å². The van der Waals surface area contributed by atoms with Gasteiger partial charge in [-0.1, -0.05) is 78.9 Å². The molecule has 1 heterocycles. The van der Waals surface area contributed by atoms with Crippen LogP contribution >= 0.6 is 0 Å². The third kappa shape index (κ3) is 3.50. The minimum atomic E-state index is -1.24. The first-order chi connectivity index (χ1) is 13.3. The summed E-state index contributed by atoms with van der Waals surface area (Å²) in [6.07, 6.45) is 0. The molecule has 2 atom stereocenters. The van der Waals surface area contributed by atoms with Crippen LogP contribution in [0.4, 0.5) is 0 Å². The van der Waals surface area contributed by atoms with E-state index in [1.165, 1.54) is 0 Å². The molecule has 4 nitrogen and oxygen atoms in total. The summed E-state index contributed by atoms with van der Waals surface area (Å²) in [5.74, 6) is -1.66. The second-order valence-corrected chi connectivity index (χ2v) is 6.44. The number of benzene rings is 3. The average molecular weight is 359 g/mol. The van der Waals surface area contributed by atoms with Crippen LogP contribution in [0, 0.1) is 0 Å². The average Bonchev–Trinajstić information content (AvgIpc) is 2.76. The van der Waals surface area contributed by atoms with Crippen molar-refractivity contribution in [1.82, 2.24) is 5.32 Å². The Balaban J connectivity index is 1.79. The Hall–Kier alpha value is -2.95.